The molecule has 1 aromatic heterocycles. The zero-order chi connectivity index (χ0) is 15.3. The van der Waals surface area contributed by atoms with Gasteiger partial charge >= 0.3 is 5.97 Å². The van der Waals surface area contributed by atoms with Crippen molar-refractivity contribution in [3.8, 4) is 0 Å². The van der Waals surface area contributed by atoms with Crippen molar-refractivity contribution < 1.29 is 14.7 Å². The molecule has 0 aliphatic heterocycles. The molecule has 5 nitrogen and oxygen atoms in total. The number of nitrogens with zero attached hydrogens (tertiary/aromatic N) is 1. The van der Waals surface area contributed by atoms with Gasteiger partial charge in [0.15, 0.2) is 0 Å². The molecule has 1 aromatic rings. The summed E-state index contributed by atoms with van der Waals surface area (Å²) in [5.74, 6) is -1.00. The highest BCUT2D eigenvalue weighted by Gasteiger charge is 2.36. The van der Waals surface area contributed by atoms with Gasteiger partial charge in [-0.05, 0) is 31.4 Å². The molecular weight excluding hydrogens is 268 g/mol. The molecule has 0 radical (unpaired) electrons. The molecule has 0 aromatic carbocycles. The van der Waals surface area contributed by atoms with E-state index in [-0.39, 0.29) is 12.3 Å². The lowest BCUT2D eigenvalue weighted by molar-refractivity contribution is -0.139. The Balaban J connectivity index is 2.13. The van der Waals surface area contributed by atoms with E-state index in [1.54, 1.807) is 6.07 Å². The van der Waals surface area contributed by atoms with Crippen LogP contribution in [-0.4, -0.2) is 27.1 Å². The Kier molecular flexibility index (Phi) is 5.04. The summed E-state index contributed by atoms with van der Waals surface area (Å²) in [4.78, 5) is 23.7. The summed E-state index contributed by atoms with van der Waals surface area (Å²) in [7, 11) is 0. The first kappa shape index (κ1) is 15.6. The lowest BCUT2D eigenvalue weighted by atomic mass is 9.79. The van der Waals surface area contributed by atoms with E-state index >= 15 is 0 Å². The Morgan fingerprint density at radius 2 is 2.05 bits per heavy atom. The van der Waals surface area contributed by atoms with Gasteiger partial charge in [-0.15, -0.1) is 0 Å². The first-order valence-electron chi connectivity index (χ1n) is 7.76. The van der Waals surface area contributed by atoms with Crippen molar-refractivity contribution in [2.24, 2.45) is 0 Å². The molecule has 1 saturated carbocycles. The van der Waals surface area contributed by atoms with Crippen LogP contribution >= 0.6 is 0 Å². The van der Waals surface area contributed by atoms with Crippen molar-refractivity contribution in [3.63, 3.8) is 0 Å². The van der Waals surface area contributed by atoms with Crippen molar-refractivity contribution in [2.75, 3.05) is 0 Å². The number of rotatable bonds is 6. The van der Waals surface area contributed by atoms with Crippen LogP contribution in [0.4, 0.5) is 0 Å². The van der Waals surface area contributed by atoms with Gasteiger partial charge in [-0.2, -0.15) is 0 Å². The highest BCUT2D eigenvalue weighted by atomic mass is 16.4. The minimum Gasteiger partial charge on any atom is -0.481 e. The minimum absolute atomic E-state index is 0.00717. The molecule has 1 fully saturated rings. The summed E-state index contributed by atoms with van der Waals surface area (Å²) < 4.78 is 1.92. The van der Waals surface area contributed by atoms with E-state index < -0.39 is 11.5 Å². The van der Waals surface area contributed by atoms with Gasteiger partial charge in [-0.3, -0.25) is 9.59 Å². The lowest BCUT2D eigenvalue weighted by Gasteiger charge is -2.37. The van der Waals surface area contributed by atoms with E-state index in [1.807, 2.05) is 16.8 Å². The Labute approximate surface area is 125 Å². The van der Waals surface area contributed by atoms with Gasteiger partial charge < -0.3 is 15.0 Å². The van der Waals surface area contributed by atoms with Gasteiger partial charge in [0, 0.05) is 12.7 Å². The molecule has 2 N–H and O–H groups in total. The van der Waals surface area contributed by atoms with Crippen molar-refractivity contribution in [2.45, 2.75) is 64.0 Å². The summed E-state index contributed by atoms with van der Waals surface area (Å²) in [6, 6.07) is 3.65. The standard InChI is InChI=1S/C16H24N2O3/c1-2-10-18-11-6-7-13(18)15(21)17-16(12-14(19)20)8-4-3-5-9-16/h6-7,11H,2-5,8-10,12H2,1H3,(H,17,21)(H,19,20). The number of hydrogen-bond acceptors (Lipinski definition) is 2. The van der Waals surface area contributed by atoms with Gasteiger partial charge in [-0.25, -0.2) is 0 Å². The zero-order valence-corrected chi connectivity index (χ0v) is 12.6. The first-order chi connectivity index (χ1) is 10.1. The molecule has 1 amide bonds. The van der Waals surface area contributed by atoms with Crippen LogP contribution in [0, 0.1) is 0 Å². The maximum absolute atomic E-state index is 12.5. The maximum Gasteiger partial charge on any atom is 0.305 e. The zero-order valence-electron chi connectivity index (χ0n) is 12.6. The molecular formula is C16H24N2O3. The highest BCUT2D eigenvalue weighted by molar-refractivity contribution is 5.93. The normalized spacial score (nSPS) is 17.4. The molecule has 116 valence electrons. The predicted molar refractivity (Wildman–Crippen MR) is 80.3 cm³/mol. The van der Waals surface area contributed by atoms with Crippen LogP contribution in [0.15, 0.2) is 18.3 Å². The van der Waals surface area contributed by atoms with Gasteiger partial charge in [0.05, 0.1) is 12.0 Å². The molecule has 1 aliphatic carbocycles. The summed E-state index contributed by atoms with van der Waals surface area (Å²) in [5, 5.41) is 12.2. The van der Waals surface area contributed by atoms with Crippen LogP contribution in [0.1, 0.15) is 62.4 Å². The second kappa shape index (κ2) is 6.78. The predicted octanol–water partition coefficient (Wildman–Crippen LogP) is 2.81. The van der Waals surface area contributed by atoms with Gasteiger partial charge in [-0.1, -0.05) is 26.2 Å². The highest BCUT2D eigenvalue weighted by Crippen LogP contribution is 2.31. The largest absolute Gasteiger partial charge is 0.481 e. The van der Waals surface area contributed by atoms with Crippen LogP contribution in [-0.2, 0) is 11.3 Å². The summed E-state index contributed by atoms with van der Waals surface area (Å²) >= 11 is 0. The van der Waals surface area contributed by atoms with E-state index in [0.717, 1.165) is 45.1 Å². The molecule has 1 heterocycles. The summed E-state index contributed by atoms with van der Waals surface area (Å²) in [6.45, 7) is 2.86. The van der Waals surface area contributed by atoms with Crippen LogP contribution in [0.2, 0.25) is 0 Å². The molecule has 0 atom stereocenters. The fraction of sp³-hybridized carbons (Fsp3) is 0.625. The third-order valence-electron chi connectivity index (χ3n) is 4.21. The molecule has 0 spiro atoms. The molecule has 0 bridgehead atoms. The number of aryl methyl sites for hydroxylation is 1. The Morgan fingerprint density at radius 3 is 2.67 bits per heavy atom. The van der Waals surface area contributed by atoms with E-state index in [2.05, 4.69) is 12.2 Å². The van der Waals surface area contributed by atoms with Gasteiger partial charge in [0.1, 0.15) is 5.69 Å². The fourth-order valence-corrected chi connectivity index (χ4v) is 3.22. The minimum atomic E-state index is -0.846. The van der Waals surface area contributed by atoms with Crippen molar-refractivity contribution in [1.29, 1.82) is 0 Å². The SMILES string of the molecule is CCCn1cccc1C(=O)NC1(CC(=O)O)CCCCC1. The second-order valence-electron chi connectivity index (χ2n) is 5.95. The van der Waals surface area contributed by atoms with Crippen molar-refractivity contribution in [1.82, 2.24) is 9.88 Å². The number of aromatic nitrogens is 1. The number of amides is 1. The maximum atomic E-state index is 12.5. The van der Waals surface area contributed by atoms with Crippen LogP contribution in [0.3, 0.4) is 0 Å². The topological polar surface area (TPSA) is 71.3 Å². The average Bonchev–Trinajstić information content (AvgIpc) is 2.87. The van der Waals surface area contributed by atoms with Crippen molar-refractivity contribution in [3.05, 3.63) is 24.0 Å². The lowest BCUT2D eigenvalue weighted by Crippen LogP contribution is -2.51. The van der Waals surface area contributed by atoms with Gasteiger partial charge in [0.25, 0.3) is 5.91 Å². The quantitative estimate of drug-likeness (QED) is 0.847. The smallest absolute Gasteiger partial charge is 0.305 e. The van der Waals surface area contributed by atoms with E-state index in [0.29, 0.717) is 5.69 Å². The van der Waals surface area contributed by atoms with E-state index in [4.69, 9.17) is 5.11 Å². The monoisotopic (exact) mass is 292 g/mol. The third-order valence-corrected chi connectivity index (χ3v) is 4.21. The number of nitrogens with one attached hydrogen (secondary N) is 1. The van der Waals surface area contributed by atoms with Crippen LogP contribution in [0.25, 0.3) is 0 Å². The molecule has 0 saturated heterocycles. The molecule has 2 rings (SSSR count). The Bertz CT molecular complexity index is 501. The van der Waals surface area contributed by atoms with Crippen LogP contribution < -0.4 is 5.32 Å². The Hall–Kier alpha value is -1.78. The molecule has 5 heteroatoms. The Morgan fingerprint density at radius 1 is 1.33 bits per heavy atom. The summed E-state index contributed by atoms with van der Waals surface area (Å²) in [5.41, 5.74) is 0.0369. The molecule has 21 heavy (non-hydrogen) atoms. The number of carboxylic acids is 1. The molecule has 1 aliphatic rings. The fourth-order valence-electron chi connectivity index (χ4n) is 3.22. The van der Waals surface area contributed by atoms with Crippen LogP contribution in [0.5, 0.6) is 0 Å². The van der Waals surface area contributed by atoms with E-state index in [1.165, 1.54) is 0 Å². The third kappa shape index (κ3) is 3.86. The van der Waals surface area contributed by atoms with Gasteiger partial charge in [0.2, 0.25) is 0 Å². The molecule has 0 unspecified atom stereocenters. The van der Waals surface area contributed by atoms with Crippen molar-refractivity contribution >= 4 is 11.9 Å². The summed E-state index contributed by atoms with van der Waals surface area (Å²) in [6.07, 6.45) is 7.42. The number of carbonyl (C=O) groups is 2. The second-order valence-corrected chi connectivity index (χ2v) is 5.95. The number of carbonyl (C=O) groups excluding carboxylic acids is 1. The number of aliphatic carboxylic acids is 1. The number of hydrogen-bond donors (Lipinski definition) is 2. The first-order valence-corrected chi connectivity index (χ1v) is 7.76. The number of carboxylic acid groups (broad SMARTS) is 1. The van der Waals surface area contributed by atoms with E-state index in [9.17, 15) is 9.59 Å². The average molecular weight is 292 g/mol.